The van der Waals surface area contributed by atoms with Gasteiger partial charge in [-0.15, -0.1) is 11.8 Å². The van der Waals surface area contributed by atoms with Crippen molar-refractivity contribution < 1.29 is 19.6 Å². The fraction of sp³-hybridized carbons (Fsp3) is 0.800. The third-order valence-corrected chi connectivity index (χ3v) is 3.21. The molecule has 15 heavy (non-hydrogen) atoms. The molecule has 1 rings (SSSR count). The molecule has 0 radical (unpaired) electrons. The lowest BCUT2D eigenvalue weighted by Gasteiger charge is -2.29. The molecule has 0 N–H and O–H groups in total. The number of hydrogen-bond donors (Lipinski definition) is 0. The molecule has 5 heteroatoms. The van der Waals surface area contributed by atoms with Crippen molar-refractivity contribution in [3.63, 3.8) is 0 Å². The third-order valence-electron chi connectivity index (χ3n) is 1.92. The number of allylic oxidation sites excluding steroid dienone is 1. The highest BCUT2D eigenvalue weighted by molar-refractivity contribution is 8.00. The van der Waals surface area contributed by atoms with E-state index in [0.717, 1.165) is 5.75 Å². The maximum atomic E-state index is 5.11. The van der Waals surface area contributed by atoms with E-state index in [1.54, 1.807) is 11.8 Å². The van der Waals surface area contributed by atoms with Crippen LogP contribution in [0.2, 0.25) is 0 Å². The maximum absolute atomic E-state index is 5.11. The maximum Gasteiger partial charge on any atom is 0.238 e. The highest BCUT2D eigenvalue weighted by Gasteiger charge is 2.35. The van der Waals surface area contributed by atoms with Crippen molar-refractivity contribution in [3.8, 4) is 0 Å². The summed E-state index contributed by atoms with van der Waals surface area (Å²) in [6, 6.07) is 0. The number of rotatable bonds is 4. The topological polar surface area (TPSA) is 36.9 Å². The van der Waals surface area contributed by atoms with Gasteiger partial charge in [0.1, 0.15) is 13.2 Å². The second-order valence-corrected chi connectivity index (χ2v) is 5.33. The van der Waals surface area contributed by atoms with E-state index in [1.165, 1.54) is 0 Å². The predicted octanol–water partition coefficient (Wildman–Crippen LogP) is 2.31. The molecule has 1 fully saturated rings. The minimum absolute atomic E-state index is 0.218. The van der Waals surface area contributed by atoms with Crippen molar-refractivity contribution in [1.29, 1.82) is 0 Å². The summed E-state index contributed by atoms with van der Waals surface area (Å²) < 4.78 is -0.218. The molecule has 0 atom stereocenters. The molecule has 0 aromatic rings. The second kappa shape index (κ2) is 6.50. The standard InChI is InChI=1S/C10H18O4S/c1-4-5-8-15-10(2,3)9-13-11-6-7-12-14-9/h4-5,9H,6-8H2,1-3H3. The minimum atomic E-state index is -0.504. The summed E-state index contributed by atoms with van der Waals surface area (Å²) in [5.74, 6) is 0.909. The van der Waals surface area contributed by atoms with E-state index >= 15 is 0 Å². The van der Waals surface area contributed by atoms with Gasteiger partial charge in [0.25, 0.3) is 0 Å². The summed E-state index contributed by atoms with van der Waals surface area (Å²) in [4.78, 5) is 20.0. The molecule has 1 aliphatic heterocycles. The van der Waals surface area contributed by atoms with Crippen LogP contribution in [0.5, 0.6) is 0 Å². The van der Waals surface area contributed by atoms with Gasteiger partial charge < -0.3 is 0 Å². The molecule has 88 valence electrons. The van der Waals surface area contributed by atoms with Crippen molar-refractivity contribution in [2.75, 3.05) is 19.0 Å². The van der Waals surface area contributed by atoms with Crippen LogP contribution in [-0.4, -0.2) is 30.0 Å². The lowest BCUT2D eigenvalue weighted by Crippen LogP contribution is -2.37. The Morgan fingerprint density at radius 1 is 1.27 bits per heavy atom. The molecular weight excluding hydrogens is 216 g/mol. The quantitative estimate of drug-likeness (QED) is 0.551. The molecule has 1 heterocycles. The van der Waals surface area contributed by atoms with E-state index in [1.807, 2.05) is 26.8 Å². The van der Waals surface area contributed by atoms with E-state index in [0.29, 0.717) is 13.2 Å². The van der Waals surface area contributed by atoms with Gasteiger partial charge in [0, 0.05) is 5.75 Å². The van der Waals surface area contributed by atoms with Gasteiger partial charge in [-0.1, -0.05) is 12.2 Å². The van der Waals surface area contributed by atoms with Crippen molar-refractivity contribution in [2.45, 2.75) is 31.8 Å². The van der Waals surface area contributed by atoms with Gasteiger partial charge in [-0.2, -0.15) is 9.78 Å². The summed E-state index contributed by atoms with van der Waals surface area (Å²) in [6.45, 7) is 6.85. The van der Waals surface area contributed by atoms with E-state index in [4.69, 9.17) is 19.6 Å². The first-order chi connectivity index (χ1) is 7.17. The summed E-state index contributed by atoms with van der Waals surface area (Å²) in [7, 11) is 0. The Morgan fingerprint density at radius 2 is 1.87 bits per heavy atom. The Morgan fingerprint density at radius 3 is 2.40 bits per heavy atom. The average Bonchev–Trinajstić information content (AvgIpc) is 2.46. The lowest BCUT2D eigenvalue weighted by atomic mass is 10.2. The van der Waals surface area contributed by atoms with Crippen molar-refractivity contribution in [1.82, 2.24) is 0 Å². The minimum Gasteiger partial charge on any atom is -0.231 e. The molecule has 0 spiro atoms. The summed E-state index contributed by atoms with van der Waals surface area (Å²) in [6.07, 6.45) is 3.60. The summed E-state index contributed by atoms with van der Waals surface area (Å²) in [5.41, 5.74) is 0. The molecule has 1 aliphatic rings. The van der Waals surface area contributed by atoms with Crippen molar-refractivity contribution in [2.24, 2.45) is 0 Å². The zero-order chi connectivity index (χ0) is 11.1. The van der Waals surface area contributed by atoms with Gasteiger partial charge in [-0.05, 0) is 20.8 Å². The number of hydrogen-bond acceptors (Lipinski definition) is 5. The molecule has 0 aliphatic carbocycles. The van der Waals surface area contributed by atoms with Gasteiger partial charge in [0.2, 0.25) is 6.29 Å². The van der Waals surface area contributed by atoms with E-state index in [-0.39, 0.29) is 4.75 Å². The molecular formula is C10H18O4S. The Kier molecular flexibility index (Phi) is 5.63. The largest absolute Gasteiger partial charge is 0.238 e. The van der Waals surface area contributed by atoms with Gasteiger partial charge in [0.05, 0.1) is 4.75 Å². The molecule has 0 amide bonds. The first-order valence-electron chi connectivity index (χ1n) is 4.98. The van der Waals surface area contributed by atoms with Crippen LogP contribution < -0.4 is 0 Å². The van der Waals surface area contributed by atoms with Gasteiger partial charge in [-0.25, -0.2) is 9.78 Å². The van der Waals surface area contributed by atoms with Gasteiger partial charge in [0.15, 0.2) is 0 Å². The van der Waals surface area contributed by atoms with Crippen LogP contribution in [0.25, 0.3) is 0 Å². The Hall–Kier alpha value is -0.0700. The van der Waals surface area contributed by atoms with E-state index in [2.05, 4.69) is 6.08 Å². The van der Waals surface area contributed by atoms with Crippen molar-refractivity contribution in [3.05, 3.63) is 12.2 Å². The fourth-order valence-corrected chi connectivity index (χ4v) is 1.90. The Balaban J connectivity index is 2.42. The van der Waals surface area contributed by atoms with Crippen molar-refractivity contribution >= 4 is 11.8 Å². The molecule has 0 aromatic heterocycles. The third kappa shape index (κ3) is 4.53. The highest BCUT2D eigenvalue weighted by atomic mass is 32.2. The molecule has 1 saturated heterocycles. The lowest BCUT2D eigenvalue weighted by molar-refractivity contribution is -0.429. The smallest absolute Gasteiger partial charge is 0.231 e. The fourth-order valence-electron chi connectivity index (χ4n) is 0.963. The predicted molar refractivity (Wildman–Crippen MR) is 59.2 cm³/mol. The average molecular weight is 234 g/mol. The van der Waals surface area contributed by atoms with E-state index < -0.39 is 6.29 Å². The van der Waals surface area contributed by atoms with Gasteiger partial charge >= 0.3 is 0 Å². The van der Waals surface area contributed by atoms with Crippen LogP contribution in [-0.2, 0) is 19.6 Å². The van der Waals surface area contributed by atoms with Crippen LogP contribution in [0, 0.1) is 0 Å². The molecule has 0 unspecified atom stereocenters. The molecule has 0 bridgehead atoms. The Bertz CT molecular complexity index is 198. The first kappa shape index (κ1) is 13.0. The molecule has 4 nitrogen and oxygen atoms in total. The normalized spacial score (nSPS) is 20.7. The van der Waals surface area contributed by atoms with Crippen LogP contribution in [0.1, 0.15) is 20.8 Å². The van der Waals surface area contributed by atoms with Gasteiger partial charge in [-0.3, -0.25) is 0 Å². The number of thioether (sulfide) groups is 1. The molecule has 0 aromatic carbocycles. The zero-order valence-electron chi connectivity index (χ0n) is 9.39. The SMILES string of the molecule is CC=CCSC(C)(C)C1OOCCOO1. The Labute approximate surface area is 94.8 Å². The highest BCUT2D eigenvalue weighted by Crippen LogP contribution is 2.31. The first-order valence-corrected chi connectivity index (χ1v) is 5.97. The van der Waals surface area contributed by atoms with Crippen LogP contribution in [0.15, 0.2) is 12.2 Å². The summed E-state index contributed by atoms with van der Waals surface area (Å²) in [5, 5.41) is 0. The van der Waals surface area contributed by atoms with E-state index in [9.17, 15) is 0 Å². The summed E-state index contributed by atoms with van der Waals surface area (Å²) >= 11 is 1.72. The monoisotopic (exact) mass is 234 g/mol. The van der Waals surface area contributed by atoms with Crippen LogP contribution in [0.3, 0.4) is 0 Å². The second-order valence-electron chi connectivity index (χ2n) is 3.65. The molecule has 0 saturated carbocycles. The zero-order valence-corrected chi connectivity index (χ0v) is 10.2. The van der Waals surface area contributed by atoms with Crippen LogP contribution >= 0.6 is 11.8 Å². The van der Waals surface area contributed by atoms with Crippen LogP contribution in [0.4, 0.5) is 0 Å².